The van der Waals surface area contributed by atoms with Gasteiger partial charge in [-0.05, 0) is 24.6 Å². The van der Waals surface area contributed by atoms with E-state index in [0.717, 1.165) is 10.0 Å². The zero-order valence-corrected chi connectivity index (χ0v) is 12.2. The lowest BCUT2D eigenvalue weighted by Crippen LogP contribution is -2.19. The van der Waals surface area contributed by atoms with Gasteiger partial charge < -0.3 is 5.10 Å². The summed E-state index contributed by atoms with van der Waals surface area (Å²) in [5.74, 6) is -1.50. The second-order valence-corrected chi connectivity index (χ2v) is 5.30. The summed E-state index contributed by atoms with van der Waals surface area (Å²) < 4.78 is 0.894. The third-order valence-electron chi connectivity index (χ3n) is 3.16. The summed E-state index contributed by atoms with van der Waals surface area (Å²) in [4.78, 5) is 11.9. The van der Waals surface area contributed by atoms with E-state index in [0.29, 0.717) is 11.3 Å². The predicted molar refractivity (Wildman–Crippen MR) is 76.9 cm³/mol. The molecule has 0 saturated carbocycles. The van der Waals surface area contributed by atoms with Crippen molar-refractivity contribution in [2.24, 2.45) is 5.92 Å². The second-order valence-electron chi connectivity index (χ2n) is 4.38. The number of hydrogen-bond acceptors (Lipinski definition) is 3. The van der Waals surface area contributed by atoms with Crippen molar-refractivity contribution in [3.63, 3.8) is 0 Å². The number of halogens is 1. The van der Waals surface area contributed by atoms with Crippen LogP contribution in [0.4, 0.5) is 0 Å². The fourth-order valence-electron chi connectivity index (χ4n) is 2.20. The van der Waals surface area contributed by atoms with Gasteiger partial charge in [-0.25, -0.2) is 0 Å². The Balaban J connectivity index is 2.63. The summed E-state index contributed by atoms with van der Waals surface area (Å²) in [5.41, 5.74) is 1.53. The molecule has 100 valence electrons. The van der Waals surface area contributed by atoms with E-state index in [1.807, 2.05) is 36.4 Å². The lowest BCUT2D eigenvalue weighted by atomic mass is 9.82. The summed E-state index contributed by atoms with van der Waals surface area (Å²) in [6.45, 7) is 1.74. The molecule has 1 atom stereocenters. The van der Waals surface area contributed by atoms with Gasteiger partial charge in [-0.2, -0.15) is 10.5 Å². The highest BCUT2D eigenvalue weighted by atomic mass is 79.9. The molecule has 0 fully saturated rings. The van der Waals surface area contributed by atoms with Crippen LogP contribution >= 0.6 is 15.9 Å². The molecule has 0 saturated heterocycles. The Hall–Kier alpha value is -2.31. The lowest BCUT2D eigenvalue weighted by molar-refractivity contribution is 0.700. The SMILES string of the molecule is Cc1[nH][nH]c(=O)c1C(c1ccc(Br)cc1)C(C#N)C#N. The van der Waals surface area contributed by atoms with Crippen molar-refractivity contribution >= 4 is 15.9 Å². The fourth-order valence-corrected chi connectivity index (χ4v) is 2.47. The zero-order chi connectivity index (χ0) is 14.7. The van der Waals surface area contributed by atoms with Gasteiger partial charge in [0.15, 0.2) is 0 Å². The summed E-state index contributed by atoms with van der Waals surface area (Å²) >= 11 is 3.34. The molecule has 5 nitrogen and oxygen atoms in total. The van der Waals surface area contributed by atoms with Crippen molar-refractivity contribution in [2.45, 2.75) is 12.8 Å². The minimum absolute atomic E-state index is 0.300. The number of aromatic amines is 2. The third kappa shape index (κ3) is 2.52. The van der Waals surface area contributed by atoms with E-state index >= 15 is 0 Å². The number of aromatic nitrogens is 2. The van der Waals surface area contributed by atoms with Gasteiger partial charge in [-0.3, -0.25) is 9.89 Å². The van der Waals surface area contributed by atoms with E-state index in [4.69, 9.17) is 0 Å². The maximum atomic E-state index is 11.9. The average molecular weight is 331 g/mol. The molecule has 2 N–H and O–H groups in total. The quantitative estimate of drug-likeness (QED) is 0.904. The Labute approximate surface area is 124 Å². The van der Waals surface area contributed by atoms with Crippen molar-refractivity contribution in [1.82, 2.24) is 10.2 Å². The first kappa shape index (κ1) is 14.1. The topological polar surface area (TPSA) is 96.2 Å². The van der Waals surface area contributed by atoms with Crippen molar-refractivity contribution in [3.05, 3.63) is 55.9 Å². The average Bonchev–Trinajstić information content (AvgIpc) is 2.77. The molecule has 0 radical (unpaired) electrons. The lowest BCUT2D eigenvalue weighted by Gasteiger charge is -2.17. The van der Waals surface area contributed by atoms with E-state index in [1.54, 1.807) is 6.92 Å². The molecule has 1 aromatic carbocycles. The molecule has 0 spiro atoms. The van der Waals surface area contributed by atoms with Crippen LogP contribution in [0.1, 0.15) is 22.7 Å². The first-order valence-electron chi connectivity index (χ1n) is 5.90. The Morgan fingerprint density at radius 3 is 2.20 bits per heavy atom. The summed E-state index contributed by atoms with van der Waals surface area (Å²) in [7, 11) is 0. The molecule has 2 aromatic rings. The van der Waals surface area contributed by atoms with E-state index < -0.39 is 11.8 Å². The Kier molecular flexibility index (Phi) is 4.07. The van der Waals surface area contributed by atoms with Crippen LogP contribution in [0, 0.1) is 35.5 Å². The number of H-pyrrole nitrogens is 2. The predicted octanol–water partition coefficient (Wildman–Crippen LogP) is 2.57. The number of nitriles is 2. The van der Waals surface area contributed by atoms with Crippen LogP contribution in [0.25, 0.3) is 0 Å². The van der Waals surface area contributed by atoms with Crippen LogP contribution < -0.4 is 5.56 Å². The highest BCUT2D eigenvalue weighted by molar-refractivity contribution is 9.10. The monoisotopic (exact) mass is 330 g/mol. The van der Waals surface area contributed by atoms with Gasteiger partial charge in [0.25, 0.3) is 5.56 Å². The fraction of sp³-hybridized carbons (Fsp3) is 0.214. The van der Waals surface area contributed by atoms with Crippen LogP contribution in [0.3, 0.4) is 0 Å². The summed E-state index contributed by atoms with van der Waals surface area (Å²) in [6, 6.07) is 11.2. The Morgan fingerprint density at radius 2 is 1.75 bits per heavy atom. The number of aryl methyl sites for hydroxylation is 1. The van der Waals surface area contributed by atoms with Gasteiger partial charge in [0.05, 0.1) is 12.1 Å². The zero-order valence-electron chi connectivity index (χ0n) is 10.6. The van der Waals surface area contributed by atoms with Crippen LogP contribution in [-0.4, -0.2) is 10.2 Å². The smallest absolute Gasteiger partial charge is 0.268 e. The van der Waals surface area contributed by atoms with E-state index in [2.05, 4.69) is 26.1 Å². The third-order valence-corrected chi connectivity index (χ3v) is 3.69. The van der Waals surface area contributed by atoms with Gasteiger partial charge in [-0.15, -0.1) is 0 Å². The molecule has 0 amide bonds. The minimum atomic E-state index is -0.924. The largest absolute Gasteiger partial charge is 0.302 e. The molecule has 0 aliphatic rings. The van der Waals surface area contributed by atoms with Crippen molar-refractivity contribution in [3.8, 4) is 12.1 Å². The number of nitrogens with zero attached hydrogens (tertiary/aromatic N) is 2. The van der Waals surface area contributed by atoms with Crippen molar-refractivity contribution < 1.29 is 0 Å². The molecular formula is C14H11BrN4O. The molecule has 2 rings (SSSR count). The standard InChI is InChI=1S/C14H11BrN4O/c1-8-12(14(20)19-18-8)13(10(6-16)7-17)9-2-4-11(15)5-3-9/h2-5,10,13H,1H3,(H2,18,19,20). The first-order valence-corrected chi connectivity index (χ1v) is 6.69. The molecule has 0 bridgehead atoms. The summed E-state index contributed by atoms with van der Waals surface area (Å²) in [6.07, 6.45) is 0. The van der Waals surface area contributed by atoms with Gasteiger partial charge >= 0.3 is 0 Å². The molecule has 1 aromatic heterocycles. The maximum absolute atomic E-state index is 11.9. The van der Waals surface area contributed by atoms with E-state index in [1.165, 1.54) is 0 Å². The van der Waals surface area contributed by atoms with Crippen LogP contribution in [0.5, 0.6) is 0 Å². The molecule has 1 unspecified atom stereocenters. The molecule has 0 aliphatic heterocycles. The van der Waals surface area contributed by atoms with Crippen molar-refractivity contribution in [1.29, 1.82) is 10.5 Å². The minimum Gasteiger partial charge on any atom is -0.302 e. The number of benzene rings is 1. The van der Waals surface area contributed by atoms with Gasteiger partial charge in [0.1, 0.15) is 5.92 Å². The molecular weight excluding hydrogens is 320 g/mol. The van der Waals surface area contributed by atoms with Crippen molar-refractivity contribution in [2.75, 3.05) is 0 Å². The Bertz CT molecular complexity index is 731. The molecule has 1 heterocycles. The number of nitrogens with one attached hydrogen (secondary N) is 2. The maximum Gasteiger partial charge on any atom is 0.268 e. The van der Waals surface area contributed by atoms with Crippen LogP contribution in [-0.2, 0) is 0 Å². The number of hydrogen-bond donors (Lipinski definition) is 2. The van der Waals surface area contributed by atoms with E-state index in [9.17, 15) is 15.3 Å². The van der Waals surface area contributed by atoms with E-state index in [-0.39, 0.29) is 5.56 Å². The first-order chi connectivity index (χ1) is 9.58. The summed E-state index contributed by atoms with van der Waals surface area (Å²) in [5, 5.41) is 23.6. The highest BCUT2D eigenvalue weighted by Crippen LogP contribution is 2.31. The van der Waals surface area contributed by atoms with Gasteiger partial charge in [0.2, 0.25) is 0 Å². The van der Waals surface area contributed by atoms with Gasteiger partial charge in [0, 0.05) is 21.6 Å². The normalized spacial score (nSPS) is 11.8. The molecule has 20 heavy (non-hydrogen) atoms. The second kappa shape index (κ2) is 5.77. The Morgan fingerprint density at radius 1 is 1.15 bits per heavy atom. The molecule has 0 aliphatic carbocycles. The molecule has 6 heteroatoms. The van der Waals surface area contributed by atoms with Gasteiger partial charge in [-0.1, -0.05) is 28.1 Å². The number of rotatable bonds is 3. The highest BCUT2D eigenvalue weighted by Gasteiger charge is 2.29. The van der Waals surface area contributed by atoms with Crippen LogP contribution in [0.2, 0.25) is 0 Å². The van der Waals surface area contributed by atoms with Crippen LogP contribution in [0.15, 0.2) is 33.5 Å².